The Morgan fingerprint density at radius 3 is 2.47 bits per heavy atom. The third kappa shape index (κ3) is 4.96. The van der Waals surface area contributed by atoms with Crippen LogP contribution in [-0.4, -0.2) is 39.6 Å². The van der Waals surface area contributed by atoms with Gasteiger partial charge in [-0.3, -0.25) is 9.59 Å². The summed E-state index contributed by atoms with van der Waals surface area (Å²) in [6, 6.07) is 15.0. The number of carbonyl (C=O) groups is 1. The Balaban J connectivity index is 2.14. The van der Waals surface area contributed by atoms with Crippen LogP contribution in [0.3, 0.4) is 0 Å². The van der Waals surface area contributed by atoms with Gasteiger partial charge in [-0.15, -0.1) is 0 Å². The van der Waals surface area contributed by atoms with Crippen LogP contribution in [0.5, 0.6) is 0 Å². The highest BCUT2D eigenvalue weighted by molar-refractivity contribution is 6.30. The van der Waals surface area contributed by atoms with Crippen molar-refractivity contribution in [3.05, 3.63) is 81.1 Å². The zero-order chi connectivity index (χ0) is 23.4. The lowest BCUT2D eigenvalue weighted by Gasteiger charge is -2.17. The van der Waals surface area contributed by atoms with Crippen molar-refractivity contribution in [3.8, 4) is 23.0 Å². The molecule has 0 aliphatic carbocycles. The number of alkyl halides is 3. The Morgan fingerprint density at radius 2 is 1.84 bits per heavy atom. The van der Waals surface area contributed by atoms with Crippen LogP contribution < -0.4 is 10.9 Å². The molecule has 11 heteroatoms. The molecule has 0 spiro atoms. The third-order valence-electron chi connectivity index (χ3n) is 4.34. The molecule has 2 aromatic carbocycles. The van der Waals surface area contributed by atoms with Crippen molar-refractivity contribution in [2.24, 2.45) is 0 Å². The van der Waals surface area contributed by atoms with Gasteiger partial charge in [-0.1, -0.05) is 29.8 Å². The number of benzene rings is 2. The van der Waals surface area contributed by atoms with E-state index in [1.807, 2.05) is 6.07 Å². The van der Waals surface area contributed by atoms with Crippen LogP contribution >= 0.6 is 11.6 Å². The number of aromatic nitrogens is 2. The van der Waals surface area contributed by atoms with Gasteiger partial charge in [0.15, 0.2) is 6.10 Å². The molecular formula is C21H14ClF3N4O3. The zero-order valence-electron chi connectivity index (χ0n) is 16.0. The van der Waals surface area contributed by atoms with Gasteiger partial charge in [0, 0.05) is 10.6 Å². The number of hydrogen-bond acceptors (Lipinski definition) is 5. The maximum absolute atomic E-state index is 13.9. The average Bonchev–Trinajstić information content (AvgIpc) is 2.79. The molecule has 0 radical (unpaired) electrons. The molecule has 0 aliphatic rings. The minimum absolute atomic E-state index is 0.110. The largest absolute Gasteiger partial charge is 0.382 e. The first kappa shape index (κ1) is 23.0. The normalized spacial score (nSPS) is 12.8. The Morgan fingerprint density at radius 1 is 1.16 bits per heavy atom. The van der Waals surface area contributed by atoms with Gasteiger partial charge in [0.05, 0.1) is 23.0 Å². The van der Waals surface area contributed by atoms with Crippen molar-refractivity contribution in [2.45, 2.75) is 18.8 Å². The van der Waals surface area contributed by atoms with Gasteiger partial charge in [-0.2, -0.15) is 15.0 Å². The van der Waals surface area contributed by atoms with E-state index < -0.39 is 35.9 Å². The fraction of sp³-hybridized carbons (Fsp3) is 0.143. The summed E-state index contributed by atoms with van der Waals surface area (Å²) in [5.74, 6) is -1.33. The minimum Gasteiger partial charge on any atom is -0.382 e. The first-order valence-electron chi connectivity index (χ1n) is 9.03. The Hall–Kier alpha value is -3.68. The summed E-state index contributed by atoms with van der Waals surface area (Å²) in [7, 11) is 0. The standard InChI is InChI=1S/C21H14ClF3N4O3/c22-13-6-4-12(5-7-13)16-9-15(20(31)27-19(25)17(30)18(23)24)21(32)29(28-16)14-3-1-2-11(8-14)10-26/h1-9,17-19,30H,(H,27,31)/t17-,19?/m1/s1. The van der Waals surface area contributed by atoms with E-state index in [1.165, 1.54) is 24.3 Å². The predicted molar refractivity (Wildman–Crippen MR) is 109 cm³/mol. The maximum Gasteiger partial charge on any atom is 0.284 e. The number of hydrogen-bond donors (Lipinski definition) is 2. The number of aliphatic hydroxyl groups excluding tert-OH is 1. The topological polar surface area (TPSA) is 108 Å². The number of carbonyl (C=O) groups excluding carboxylic acids is 1. The monoisotopic (exact) mass is 462 g/mol. The molecule has 1 unspecified atom stereocenters. The fourth-order valence-electron chi connectivity index (χ4n) is 2.72. The van der Waals surface area contributed by atoms with Crippen molar-refractivity contribution in [1.29, 1.82) is 5.26 Å². The van der Waals surface area contributed by atoms with Crippen LogP contribution in [0, 0.1) is 11.3 Å². The summed E-state index contributed by atoms with van der Waals surface area (Å²) in [6.45, 7) is 0. The smallest absolute Gasteiger partial charge is 0.284 e. The summed E-state index contributed by atoms with van der Waals surface area (Å²) < 4.78 is 39.8. The lowest BCUT2D eigenvalue weighted by atomic mass is 10.1. The molecule has 3 rings (SSSR count). The molecule has 3 aromatic rings. The Bertz CT molecular complexity index is 1240. The summed E-state index contributed by atoms with van der Waals surface area (Å²) in [5.41, 5.74) is -0.701. The van der Waals surface area contributed by atoms with Gasteiger partial charge in [-0.05, 0) is 36.4 Å². The zero-order valence-corrected chi connectivity index (χ0v) is 16.8. The van der Waals surface area contributed by atoms with E-state index in [4.69, 9.17) is 22.0 Å². The quantitative estimate of drug-likeness (QED) is 0.547. The molecule has 164 valence electrons. The van der Waals surface area contributed by atoms with Crippen molar-refractivity contribution in [1.82, 2.24) is 15.1 Å². The van der Waals surface area contributed by atoms with Crippen molar-refractivity contribution in [2.75, 3.05) is 0 Å². The summed E-state index contributed by atoms with van der Waals surface area (Å²) in [4.78, 5) is 25.5. The van der Waals surface area contributed by atoms with Crippen LogP contribution in [-0.2, 0) is 0 Å². The lowest BCUT2D eigenvalue weighted by molar-refractivity contribution is -0.0551. The van der Waals surface area contributed by atoms with Crippen LogP contribution in [0.4, 0.5) is 13.2 Å². The van der Waals surface area contributed by atoms with Gasteiger partial charge >= 0.3 is 0 Å². The maximum atomic E-state index is 13.9. The number of amides is 1. The summed E-state index contributed by atoms with van der Waals surface area (Å²) in [6.07, 6.45) is -9.03. The number of aliphatic hydroxyl groups is 1. The minimum atomic E-state index is -3.45. The summed E-state index contributed by atoms with van der Waals surface area (Å²) in [5, 5.41) is 24.4. The molecule has 32 heavy (non-hydrogen) atoms. The van der Waals surface area contributed by atoms with E-state index in [0.717, 1.165) is 10.7 Å². The van der Waals surface area contributed by atoms with Crippen LogP contribution in [0.15, 0.2) is 59.4 Å². The van der Waals surface area contributed by atoms with Gasteiger partial charge < -0.3 is 10.4 Å². The lowest BCUT2D eigenvalue weighted by Crippen LogP contribution is -2.45. The van der Waals surface area contributed by atoms with Gasteiger partial charge in [0.25, 0.3) is 17.9 Å². The number of nitrogens with one attached hydrogen (secondary N) is 1. The highest BCUT2D eigenvalue weighted by Gasteiger charge is 2.30. The second-order valence-corrected chi connectivity index (χ2v) is 6.97. The van der Waals surface area contributed by atoms with Crippen molar-refractivity contribution >= 4 is 17.5 Å². The molecular weight excluding hydrogens is 449 g/mol. The van der Waals surface area contributed by atoms with Crippen LogP contribution in [0.25, 0.3) is 16.9 Å². The molecule has 0 bridgehead atoms. The number of rotatable bonds is 6. The highest BCUT2D eigenvalue weighted by Crippen LogP contribution is 2.21. The van der Waals surface area contributed by atoms with Crippen molar-refractivity contribution < 1.29 is 23.1 Å². The molecule has 0 saturated heterocycles. The Kier molecular flexibility index (Phi) is 6.92. The third-order valence-corrected chi connectivity index (χ3v) is 4.59. The number of halogens is 4. The second kappa shape index (κ2) is 9.64. The van der Waals surface area contributed by atoms with Crippen LogP contribution in [0.2, 0.25) is 5.02 Å². The number of nitriles is 1. The van der Waals surface area contributed by atoms with Gasteiger partial charge in [0.1, 0.15) is 5.56 Å². The van der Waals surface area contributed by atoms with Gasteiger partial charge in [0.2, 0.25) is 6.30 Å². The van der Waals surface area contributed by atoms with Crippen LogP contribution in [0.1, 0.15) is 15.9 Å². The molecule has 1 aromatic heterocycles. The van der Waals surface area contributed by atoms with E-state index in [0.29, 0.717) is 10.6 Å². The Labute approximate surface area is 184 Å². The molecule has 2 N–H and O–H groups in total. The van der Waals surface area contributed by atoms with Crippen molar-refractivity contribution in [3.63, 3.8) is 0 Å². The highest BCUT2D eigenvalue weighted by atomic mass is 35.5. The number of nitrogens with zero attached hydrogens (tertiary/aromatic N) is 3. The fourth-order valence-corrected chi connectivity index (χ4v) is 2.84. The summed E-state index contributed by atoms with van der Waals surface area (Å²) >= 11 is 5.88. The van der Waals surface area contributed by atoms with E-state index in [1.54, 1.807) is 29.6 Å². The van der Waals surface area contributed by atoms with Gasteiger partial charge in [-0.25, -0.2) is 13.2 Å². The first-order chi connectivity index (χ1) is 15.2. The molecule has 7 nitrogen and oxygen atoms in total. The second-order valence-electron chi connectivity index (χ2n) is 6.53. The van der Waals surface area contributed by atoms with E-state index in [9.17, 15) is 22.8 Å². The van der Waals surface area contributed by atoms with E-state index in [2.05, 4.69) is 5.10 Å². The van der Waals surface area contributed by atoms with E-state index in [-0.39, 0.29) is 16.9 Å². The molecule has 2 atom stereocenters. The molecule has 0 saturated carbocycles. The molecule has 1 heterocycles. The SMILES string of the molecule is N#Cc1cccc(-n2nc(-c3ccc(Cl)cc3)cc(C(=O)NC(F)[C@H](O)C(F)F)c2=O)c1. The average molecular weight is 463 g/mol. The predicted octanol–water partition coefficient (Wildman–Crippen LogP) is 3.08. The van der Waals surface area contributed by atoms with E-state index >= 15 is 0 Å². The first-order valence-corrected chi connectivity index (χ1v) is 9.41. The molecule has 0 aliphatic heterocycles. The molecule has 1 amide bonds. The molecule has 0 fully saturated rings.